The van der Waals surface area contributed by atoms with Crippen molar-refractivity contribution in [3.63, 3.8) is 0 Å². The zero-order valence-corrected chi connectivity index (χ0v) is 11.9. The van der Waals surface area contributed by atoms with E-state index in [0.29, 0.717) is 12.8 Å². The van der Waals surface area contributed by atoms with E-state index < -0.39 is 22.7 Å². The summed E-state index contributed by atoms with van der Waals surface area (Å²) in [6.07, 6.45) is 1.89. The Morgan fingerprint density at radius 2 is 1.11 bits per heavy atom. The number of hydrogen-bond donors (Lipinski definition) is 1. The minimum Gasteiger partial charge on any atom is -0.286 e. The van der Waals surface area contributed by atoms with Gasteiger partial charge in [0.2, 0.25) is 0 Å². The summed E-state index contributed by atoms with van der Waals surface area (Å²) < 4.78 is 64.8. The molecule has 0 saturated carbocycles. The number of halogens is 3. The van der Waals surface area contributed by atoms with E-state index in [1.165, 1.54) is 0 Å². The molecular formula is C12H23F3O3S. The van der Waals surface area contributed by atoms with Gasteiger partial charge in [0.1, 0.15) is 0 Å². The predicted molar refractivity (Wildman–Crippen MR) is 68.6 cm³/mol. The van der Waals surface area contributed by atoms with Crippen LogP contribution in [0, 0.1) is 0 Å². The van der Waals surface area contributed by atoms with Crippen molar-refractivity contribution in [3.05, 3.63) is 0 Å². The van der Waals surface area contributed by atoms with Crippen molar-refractivity contribution in [1.82, 2.24) is 0 Å². The molecular weight excluding hydrogens is 281 g/mol. The van der Waals surface area contributed by atoms with Crippen LogP contribution >= 0.6 is 0 Å². The molecule has 0 aromatic heterocycles. The molecule has 3 nitrogen and oxygen atoms in total. The topological polar surface area (TPSA) is 54.4 Å². The van der Waals surface area contributed by atoms with Gasteiger partial charge in [0.15, 0.2) is 0 Å². The second-order valence-corrected chi connectivity index (χ2v) is 6.41. The summed E-state index contributed by atoms with van der Waals surface area (Å²) in [5, 5.41) is 0. The van der Waals surface area contributed by atoms with E-state index in [1.807, 2.05) is 0 Å². The lowest BCUT2D eigenvalue weighted by molar-refractivity contribution is -0.135. The van der Waals surface area contributed by atoms with Crippen LogP contribution in [0.3, 0.4) is 0 Å². The molecule has 0 fully saturated rings. The second-order valence-electron chi connectivity index (χ2n) is 4.83. The lowest BCUT2D eigenvalue weighted by Crippen LogP contribution is -2.06. The molecule has 0 rings (SSSR count). The molecule has 0 amide bonds. The number of hydrogen-bond acceptors (Lipinski definition) is 2. The van der Waals surface area contributed by atoms with Gasteiger partial charge in [0, 0.05) is 6.42 Å². The predicted octanol–water partition coefficient (Wildman–Crippen LogP) is 4.34. The fourth-order valence-corrected chi connectivity index (χ4v) is 2.42. The molecule has 0 aromatic rings. The summed E-state index contributed by atoms with van der Waals surface area (Å²) in [5.74, 6) is -0.190. The van der Waals surface area contributed by atoms with E-state index in [4.69, 9.17) is 4.55 Å². The van der Waals surface area contributed by atoms with Gasteiger partial charge in [-0.25, -0.2) is 0 Å². The highest BCUT2D eigenvalue weighted by atomic mass is 32.2. The van der Waals surface area contributed by atoms with Crippen molar-refractivity contribution in [2.24, 2.45) is 0 Å². The highest BCUT2D eigenvalue weighted by molar-refractivity contribution is 7.85. The molecule has 0 atom stereocenters. The van der Waals surface area contributed by atoms with Crippen molar-refractivity contribution in [3.8, 4) is 0 Å². The van der Waals surface area contributed by atoms with Crippen molar-refractivity contribution in [2.45, 2.75) is 70.4 Å². The largest absolute Gasteiger partial charge is 0.389 e. The number of alkyl halides is 3. The van der Waals surface area contributed by atoms with Gasteiger partial charge in [0.05, 0.1) is 5.75 Å². The third-order valence-corrected chi connectivity index (χ3v) is 3.67. The van der Waals surface area contributed by atoms with Crippen LogP contribution in [0.25, 0.3) is 0 Å². The molecule has 1 N–H and O–H groups in total. The first-order chi connectivity index (χ1) is 8.71. The fraction of sp³-hybridized carbons (Fsp3) is 1.00. The van der Waals surface area contributed by atoms with Crippen LogP contribution in [-0.2, 0) is 10.1 Å². The first-order valence-corrected chi connectivity index (χ1v) is 8.33. The van der Waals surface area contributed by atoms with Crippen LogP contribution in [-0.4, -0.2) is 24.9 Å². The summed E-state index contributed by atoms with van der Waals surface area (Å²) >= 11 is 0. The molecule has 0 bridgehead atoms. The van der Waals surface area contributed by atoms with Crippen molar-refractivity contribution in [2.75, 3.05) is 5.75 Å². The molecule has 116 valence electrons. The minimum atomic E-state index is -4.03. The quantitative estimate of drug-likeness (QED) is 0.456. The lowest BCUT2D eigenvalue weighted by atomic mass is 10.1. The maximum Gasteiger partial charge on any atom is 0.389 e. The van der Waals surface area contributed by atoms with E-state index in [0.717, 1.165) is 38.5 Å². The Morgan fingerprint density at radius 1 is 0.737 bits per heavy atom. The Morgan fingerprint density at radius 3 is 1.47 bits per heavy atom. The zero-order valence-electron chi connectivity index (χ0n) is 11.1. The Hall–Kier alpha value is -0.300. The Balaban J connectivity index is 3.16. The third-order valence-electron chi connectivity index (χ3n) is 2.86. The summed E-state index contributed by atoms with van der Waals surface area (Å²) in [5.41, 5.74) is 0. The standard InChI is InChI=1S/C12H23F3O3S/c13-12(14,15)10-8-6-4-2-1-3-5-7-9-11-19(16,17)18/h1-11H2,(H,16,17,18). The fourth-order valence-electron chi connectivity index (χ4n) is 1.85. The van der Waals surface area contributed by atoms with Gasteiger partial charge in [-0.3, -0.25) is 4.55 Å². The molecule has 7 heteroatoms. The molecule has 0 aliphatic heterocycles. The Labute approximate surface area is 113 Å². The third kappa shape index (κ3) is 17.7. The van der Waals surface area contributed by atoms with Gasteiger partial charge in [-0.1, -0.05) is 44.9 Å². The van der Waals surface area contributed by atoms with Crippen molar-refractivity contribution < 1.29 is 26.1 Å². The lowest BCUT2D eigenvalue weighted by Gasteiger charge is -2.05. The van der Waals surface area contributed by atoms with Gasteiger partial charge in [-0.15, -0.1) is 0 Å². The average molecular weight is 304 g/mol. The maximum atomic E-state index is 11.8. The molecule has 0 saturated heterocycles. The second kappa shape index (κ2) is 9.58. The molecule has 0 aromatic carbocycles. The Kier molecular flexibility index (Phi) is 9.43. The van der Waals surface area contributed by atoms with Crippen molar-refractivity contribution in [1.29, 1.82) is 0 Å². The smallest absolute Gasteiger partial charge is 0.286 e. The van der Waals surface area contributed by atoms with Crippen LogP contribution in [0.5, 0.6) is 0 Å². The highest BCUT2D eigenvalue weighted by Gasteiger charge is 2.25. The summed E-state index contributed by atoms with van der Waals surface area (Å²) in [6, 6.07) is 0. The van der Waals surface area contributed by atoms with Crippen LogP contribution in [0.2, 0.25) is 0 Å². The van der Waals surface area contributed by atoms with Crippen LogP contribution < -0.4 is 0 Å². The maximum absolute atomic E-state index is 11.8. The molecule has 0 radical (unpaired) electrons. The molecule has 0 unspecified atom stereocenters. The molecule has 0 heterocycles. The monoisotopic (exact) mass is 304 g/mol. The molecule has 0 aliphatic rings. The number of rotatable bonds is 11. The zero-order chi connectivity index (χ0) is 14.8. The van der Waals surface area contributed by atoms with Crippen LogP contribution in [0.15, 0.2) is 0 Å². The van der Waals surface area contributed by atoms with Crippen LogP contribution in [0.4, 0.5) is 13.2 Å². The minimum absolute atomic E-state index is 0.190. The normalized spacial score (nSPS) is 12.8. The van der Waals surface area contributed by atoms with E-state index in [9.17, 15) is 21.6 Å². The van der Waals surface area contributed by atoms with Crippen LogP contribution in [0.1, 0.15) is 64.2 Å². The summed E-state index contributed by atoms with van der Waals surface area (Å²) in [7, 11) is -3.84. The van der Waals surface area contributed by atoms with E-state index in [1.54, 1.807) is 0 Å². The molecule has 0 aliphatic carbocycles. The summed E-state index contributed by atoms with van der Waals surface area (Å²) in [4.78, 5) is 0. The highest BCUT2D eigenvalue weighted by Crippen LogP contribution is 2.23. The van der Waals surface area contributed by atoms with Gasteiger partial charge in [0.25, 0.3) is 10.1 Å². The SMILES string of the molecule is O=S(=O)(O)CCCCCCCCCCCC(F)(F)F. The first-order valence-electron chi connectivity index (χ1n) is 6.73. The van der Waals surface area contributed by atoms with E-state index >= 15 is 0 Å². The van der Waals surface area contributed by atoms with Gasteiger partial charge in [-0.05, 0) is 12.8 Å². The van der Waals surface area contributed by atoms with Crippen molar-refractivity contribution >= 4 is 10.1 Å². The van der Waals surface area contributed by atoms with E-state index in [-0.39, 0.29) is 12.2 Å². The Bertz CT molecular complexity index is 313. The first kappa shape index (κ1) is 18.7. The molecule has 19 heavy (non-hydrogen) atoms. The van der Waals surface area contributed by atoms with Gasteiger partial charge in [-0.2, -0.15) is 21.6 Å². The van der Waals surface area contributed by atoms with E-state index in [2.05, 4.69) is 0 Å². The molecule has 0 spiro atoms. The van der Waals surface area contributed by atoms with Gasteiger partial charge >= 0.3 is 6.18 Å². The number of unbranched alkanes of at least 4 members (excludes halogenated alkanes) is 8. The average Bonchev–Trinajstić information content (AvgIpc) is 2.22. The summed E-state index contributed by atoms with van der Waals surface area (Å²) in [6.45, 7) is 0. The van der Waals surface area contributed by atoms with Gasteiger partial charge < -0.3 is 0 Å².